The summed E-state index contributed by atoms with van der Waals surface area (Å²) in [6, 6.07) is 7.21. The Morgan fingerprint density at radius 2 is 1.91 bits per heavy atom. The van der Waals surface area contributed by atoms with Gasteiger partial charge < -0.3 is 19.1 Å². The van der Waals surface area contributed by atoms with Crippen LogP contribution in [0.2, 0.25) is 0 Å². The lowest BCUT2D eigenvalue weighted by molar-refractivity contribution is 0.0680. The summed E-state index contributed by atoms with van der Waals surface area (Å²) in [5, 5.41) is 4.05. The number of methoxy groups -OCH3 is 3. The molecule has 0 bridgehead atoms. The summed E-state index contributed by atoms with van der Waals surface area (Å²) in [6.45, 7) is 1.57. The average Bonchev–Trinajstić information content (AvgIpc) is 3.10. The first-order valence-corrected chi connectivity index (χ1v) is 8.15. The number of benzene rings is 1. The first-order chi connectivity index (χ1) is 11.2. The van der Waals surface area contributed by atoms with E-state index in [0.29, 0.717) is 36.8 Å². The SMILES string of the molecule is COCCN(Cc1ccsc1)C(=O)c1ccc(OC)c(OC)c1. The second-order valence-corrected chi connectivity index (χ2v) is 5.70. The van der Waals surface area contributed by atoms with Gasteiger partial charge in [-0.3, -0.25) is 4.79 Å². The number of nitrogens with zero attached hydrogens (tertiary/aromatic N) is 1. The third-order valence-corrected chi connectivity index (χ3v) is 4.17. The van der Waals surface area contributed by atoms with E-state index < -0.39 is 0 Å². The van der Waals surface area contributed by atoms with Crippen molar-refractivity contribution in [2.24, 2.45) is 0 Å². The van der Waals surface area contributed by atoms with E-state index in [-0.39, 0.29) is 5.91 Å². The smallest absolute Gasteiger partial charge is 0.254 e. The maximum atomic E-state index is 12.8. The molecule has 6 heteroatoms. The van der Waals surface area contributed by atoms with Gasteiger partial charge in [0.1, 0.15) is 0 Å². The van der Waals surface area contributed by atoms with Gasteiger partial charge in [0.05, 0.1) is 20.8 Å². The van der Waals surface area contributed by atoms with Crippen LogP contribution in [0.25, 0.3) is 0 Å². The quantitative estimate of drug-likeness (QED) is 0.744. The van der Waals surface area contributed by atoms with Crippen LogP contribution < -0.4 is 9.47 Å². The zero-order chi connectivity index (χ0) is 16.7. The summed E-state index contributed by atoms with van der Waals surface area (Å²) >= 11 is 1.62. The van der Waals surface area contributed by atoms with Gasteiger partial charge in [0.15, 0.2) is 11.5 Å². The van der Waals surface area contributed by atoms with Crippen LogP contribution in [0.1, 0.15) is 15.9 Å². The lowest BCUT2D eigenvalue weighted by Gasteiger charge is -2.22. The van der Waals surface area contributed by atoms with Gasteiger partial charge in [-0.2, -0.15) is 11.3 Å². The molecule has 23 heavy (non-hydrogen) atoms. The predicted molar refractivity (Wildman–Crippen MR) is 90.5 cm³/mol. The molecule has 0 aliphatic heterocycles. The molecule has 0 aliphatic carbocycles. The standard InChI is InChI=1S/C17H21NO4S/c1-20-8-7-18(11-13-6-9-23-12-13)17(19)14-4-5-15(21-2)16(10-14)22-3/h4-6,9-10,12H,7-8,11H2,1-3H3. The molecular weight excluding hydrogens is 314 g/mol. The number of hydrogen-bond acceptors (Lipinski definition) is 5. The number of hydrogen-bond donors (Lipinski definition) is 0. The zero-order valence-electron chi connectivity index (χ0n) is 13.6. The molecule has 0 saturated heterocycles. The third kappa shape index (κ3) is 4.46. The molecule has 0 aliphatic rings. The molecule has 0 unspecified atom stereocenters. The molecule has 2 aromatic rings. The minimum Gasteiger partial charge on any atom is -0.493 e. The molecule has 0 atom stereocenters. The lowest BCUT2D eigenvalue weighted by Crippen LogP contribution is -2.33. The molecule has 1 aromatic heterocycles. The van der Waals surface area contributed by atoms with Gasteiger partial charge in [-0.15, -0.1) is 0 Å². The number of rotatable bonds is 8. The van der Waals surface area contributed by atoms with E-state index in [1.54, 1.807) is 55.8 Å². The highest BCUT2D eigenvalue weighted by Gasteiger charge is 2.18. The van der Waals surface area contributed by atoms with Crippen LogP contribution in [0.3, 0.4) is 0 Å². The zero-order valence-corrected chi connectivity index (χ0v) is 14.4. The number of carbonyl (C=O) groups excluding carboxylic acids is 1. The Bertz CT molecular complexity index is 628. The fraction of sp³-hybridized carbons (Fsp3) is 0.353. The van der Waals surface area contributed by atoms with Gasteiger partial charge in [-0.25, -0.2) is 0 Å². The fourth-order valence-electron chi connectivity index (χ4n) is 2.21. The van der Waals surface area contributed by atoms with Crippen LogP contribution in [0, 0.1) is 0 Å². The number of thiophene rings is 1. The Labute approximate surface area is 140 Å². The van der Waals surface area contributed by atoms with Gasteiger partial charge in [0, 0.05) is 25.8 Å². The molecule has 2 rings (SSSR count). The van der Waals surface area contributed by atoms with E-state index >= 15 is 0 Å². The van der Waals surface area contributed by atoms with Crippen molar-refractivity contribution in [2.75, 3.05) is 34.5 Å². The molecule has 1 amide bonds. The molecule has 124 valence electrons. The summed E-state index contributed by atoms with van der Waals surface area (Å²) in [6.07, 6.45) is 0. The van der Waals surface area contributed by atoms with Crippen molar-refractivity contribution in [3.8, 4) is 11.5 Å². The lowest BCUT2D eigenvalue weighted by atomic mass is 10.1. The average molecular weight is 335 g/mol. The highest BCUT2D eigenvalue weighted by atomic mass is 32.1. The van der Waals surface area contributed by atoms with Gasteiger partial charge in [0.2, 0.25) is 0 Å². The van der Waals surface area contributed by atoms with E-state index in [1.807, 2.05) is 16.8 Å². The van der Waals surface area contributed by atoms with Crippen molar-refractivity contribution in [2.45, 2.75) is 6.54 Å². The minimum atomic E-state index is -0.0609. The van der Waals surface area contributed by atoms with Crippen LogP contribution in [0.5, 0.6) is 11.5 Å². The molecular formula is C17H21NO4S. The molecule has 5 nitrogen and oxygen atoms in total. The van der Waals surface area contributed by atoms with Gasteiger partial charge in [0.25, 0.3) is 5.91 Å². The van der Waals surface area contributed by atoms with Gasteiger partial charge in [-0.05, 0) is 40.6 Å². The van der Waals surface area contributed by atoms with E-state index in [9.17, 15) is 4.79 Å². The number of ether oxygens (including phenoxy) is 3. The van der Waals surface area contributed by atoms with Crippen molar-refractivity contribution in [3.05, 3.63) is 46.2 Å². The van der Waals surface area contributed by atoms with Crippen LogP contribution in [0.15, 0.2) is 35.0 Å². The number of carbonyl (C=O) groups is 1. The summed E-state index contributed by atoms with van der Waals surface area (Å²) < 4.78 is 15.6. The Morgan fingerprint density at radius 1 is 1.13 bits per heavy atom. The van der Waals surface area contributed by atoms with Crippen LogP contribution in [-0.4, -0.2) is 45.3 Å². The highest BCUT2D eigenvalue weighted by molar-refractivity contribution is 7.07. The topological polar surface area (TPSA) is 48.0 Å². The Morgan fingerprint density at radius 3 is 2.52 bits per heavy atom. The fourth-order valence-corrected chi connectivity index (χ4v) is 2.87. The highest BCUT2D eigenvalue weighted by Crippen LogP contribution is 2.28. The third-order valence-electron chi connectivity index (χ3n) is 3.44. The molecule has 0 spiro atoms. The van der Waals surface area contributed by atoms with Crippen LogP contribution >= 0.6 is 11.3 Å². The van der Waals surface area contributed by atoms with E-state index in [4.69, 9.17) is 14.2 Å². The normalized spacial score (nSPS) is 10.4. The van der Waals surface area contributed by atoms with E-state index in [2.05, 4.69) is 0 Å². The van der Waals surface area contributed by atoms with Crippen molar-refractivity contribution in [3.63, 3.8) is 0 Å². The molecule has 1 heterocycles. The summed E-state index contributed by atoms with van der Waals surface area (Å²) in [7, 11) is 4.75. The van der Waals surface area contributed by atoms with Crippen molar-refractivity contribution in [1.29, 1.82) is 0 Å². The van der Waals surface area contributed by atoms with Crippen molar-refractivity contribution in [1.82, 2.24) is 4.90 Å². The van der Waals surface area contributed by atoms with E-state index in [0.717, 1.165) is 5.56 Å². The van der Waals surface area contributed by atoms with E-state index in [1.165, 1.54) is 0 Å². The van der Waals surface area contributed by atoms with Gasteiger partial charge >= 0.3 is 0 Å². The Kier molecular flexibility index (Phi) is 6.43. The second kappa shape index (κ2) is 8.55. The maximum absolute atomic E-state index is 12.8. The van der Waals surface area contributed by atoms with Crippen molar-refractivity contribution < 1.29 is 19.0 Å². The van der Waals surface area contributed by atoms with Gasteiger partial charge in [-0.1, -0.05) is 0 Å². The molecule has 1 aromatic carbocycles. The Balaban J connectivity index is 2.21. The molecule has 0 saturated carbocycles. The first-order valence-electron chi connectivity index (χ1n) is 7.21. The maximum Gasteiger partial charge on any atom is 0.254 e. The molecule has 0 radical (unpaired) electrons. The van der Waals surface area contributed by atoms with Crippen LogP contribution in [-0.2, 0) is 11.3 Å². The summed E-state index contributed by atoms with van der Waals surface area (Å²) in [5.74, 6) is 1.08. The molecule has 0 fully saturated rings. The summed E-state index contributed by atoms with van der Waals surface area (Å²) in [4.78, 5) is 14.6. The molecule has 0 N–H and O–H groups in total. The predicted octanol–water partition coefficient (Wildman–Crippen LogP) is 3.05. The monoisotopic (exact) mass is 335 g/mol. The van der Waals surface area contributed by atoms with Crippen LogP contribution in [0.4, 0.5) is 0 Å². The second-order valence-electron chi connectivity index (χ2n) is 4.92. The number of amides is 1. The largest absolute Gasteiger partial charge is 0.493 e. The summed E-state index contributed by atoms with van der Waals surface area (Å²) in [5.41, 5.74) is 1.67. The Hall–Kier alpha value is -2.05. The minimum absolute atomic E-state index is 0.0609. The van der Waals surface area contributed by atoms with Crippen molar-refractivity contribution >= 4 is 17.2 Å². The first kappa shape index (κ1) is 17.3.